The average molecular weight is 171 g/mol. The van der Waals surface area contributed by atoms with Gasteiger partial charge < -0.3 is 0 Å². The maximum atomic E-state index is 2.57. The normalized spacial score (nSPS) is 15.2. The summed E-state index contributed by atoms with van der Waals surface area (Å²) < 4.78 is 0. The fourth-order valence-electron chi connectivity index (χ4n) is 1.88. The standard InChI is InChI=1S/C11H25N/c1-8(2)11(7)12(9(3)4)10(5)6/h8-11H,1-7H3. The summed E-state index contributed by atoms with van der Waals surface area (Å²) in [6, 6.07) is 2.00. The van der Waals surface area contributed by atoms with Crippen LogP contribution in [0.2, 0.25) is 0 Å². The van der Waals surface area contributed by atoms with Gasteiger partial charge in [-0.1, -0.05) is 13.8 Å². The third kappa shape index (κ3) is 3.14. The van der Waals surface area contributed by atoms with Crippen LogP contribution in [-0.2, 0) is 0 Å². The van der Waals surface area contributed by atoms with Crippen molar-refractivity contribution in [3.63, 3.8) is 0 Å². The summed E-state index contributed by atoms with van der Waals surface area (Å²) in [5.41, 5.74) is 0. The molecule has 0 radical (unpaired) electrons. The molecule has 0 saturated heterocycles. The van der Waals surface area contributed by atoms with E-state index in [1.54, 1.807) is 0 Å². The molecule has 0 aliphatic carbocycles. The van der Waals surface area contributed by atoms with E-state index in [9.17, 15) is 0 Å². The Balaban J connectivity index is 4.30. The first kappa shape index (κ1) is 12.0. The fourth-order valence-corrected chi connectivity index (χ4v) is 1.88. The molecule has 0 aromatic rings. The van der Waals surface area contributed by atoms with Crippen molar-refractivity contribution >= 4 is 0 Å². The zero-order valence-electron chi connectivity index (χ0n) is 9.76. The molecule has 0 aliphatic rings. The largest absolute Gasteiger partial charge is 0.296 e. The Morgan fingerprint density at radius 1 is 0.667 bits per heavy atom. The molecule has 0 N–H and O–H groups in total. The minimum absolute atomic E-state index is 0.655. The molecule has 12 heavy (non-hydrogen) atoms. The molecule has 1 nitrogen and oxygen atoms in total. The van der Waals surface area contributed by atoms with Crippen molar-refractivity contribution in [2.45, 2.75) is 66.6 Å². The lowest BCUT2D eigenvalue weighted by Crippen LogP contribution is -2.45. The van der Waals surface area contributed by atoms with Crippen molar-refractivity contribution < 1.29 is 0 Å². The predicted molar refractivity (Wildman–Crippen MR) is 56.4 cm³/mol. The lowest BCUT2D eigenvalue weighted by molar-refractivity contribution is 0.0940. The Kier molecular flexibility index (Phi) is 4.84. The molecule has 1 heteroatoms. The second kappa shape index (κ2) is 4.86. The third-order valence-corrected chi connectivity index (χ3v) is 2.63. The maximum Gasteiger partial charge on any atom is 0.00953 e. The van der Waals surface area contributed by atoms with Crippen LogP contribution in [0.3, 0.4) is 0 Å². The molecule has 0 aliphatic heterocycles. The van der Waals surface area contributed by atoms with Gasteiger partial charge in [0, 0.05) is 18.1 Å². The first-order valence-corrected chi connectivity index (χ1v) is 5.15. The van der Waals surface area contributed by atoms with Gasteiger partial charge >= 0.3 is 0 Å². The summed E-state index contributed by atoms with van der Waals surface area (Å²) in [7, 11) is 0. The fraction of sp³-hybridized carbons (Fsp3) is 1.00. The van der Waals surface area contributed by atoms with Gasteiger partial charge in [0.05, 0.1) is 0 Å². The van der Waals surface area contributed by atoms with Crippen LogP contribution in [0.25, 0.3) is 0 Å². The van der Waals surface area contributed by atoms with Gasteiger partial charge in [0.2, 0.25) is 0 Å². The van der Waals surface area contributed by atoms with Crippen molar-refractivity contribution in [1.29, 1.82) is 0 Å². The van der Waals surface area contributed by atoms with E-state index in [4.69, 9.17) is 0 Å². The minimum atomic E-state index is 0.655. The summed E-state index contributed by atoms with van der Waals surface area (Å²) in [6.07, 6.45) is 0. The molecule has 0 heterocycles. The Morgan fingerprint density at radius 3 is 1.08 bits per heavy atom. The topological polar surface area (TPSA) is 3.24 Å². The molecule has 74 valence electrons. The van der Waals surface area contributed by atoms with E-state index in [1.165, 1.54) is 0 Å². The van der Waals surface area contributed by atoms with Crippen LogP contribution in [0.4, 0.5) is 0 Å². The number of hydrogen-bond acceptors (Lipinski definition) is 1. The number of rotatable bonds is 4. The van der Waals surface area contributed by atoms with Gasteiger partial charge in [0.25, 0.3) is 0 Å². The molecule has 0 rings (SSSR count). The Hall–Kier alpha value is -0.0400. The predicted octanol–water partition coefficient (Wildman–Crippen LogP) is 3.15. The average Bonchev–Trinajstić information content (AvgIpc) is 1.85. The lowest BCUT2D eigenvalue weighted by atomic mass is 10.0. The van der Waals surface area contributed by atoms with E-state index in [0.717, 1.165) is 5.92 Å². The van der Waals surface area contributed by atoms with Gasteiger partial charge in [-0.25, -0.2) is 0 Å². The molecule has 0 aromatic carbocycles. The first-order chi connectivity index (χ1) is 5.37. The molecule has 1 atom stereocenters. The van der Waals surface area contributed by atoms with Gasteiger partial charge in [-0.15, -0.1) is 0 Å². The van der Waals surface area contributed by atoms with E-state index in [-0.39, 0.29) is 0 Å². The monoisotopic (exact) mass is 171 g/mol. The highest BCUT2D eigenvalue weighted by molar-refractivity contribution is 4.76. The number of hydrogen-bond donors (Lipinski definition) is 0. The quantitative estimate of drug-likeness (QED) is 0.628. The molecule has 0 bridgehead atoms. The smallest absolute Gasteiger partial charge is 0.00953 e. The van der Waals surface area contributed by atoms with Gasteiger partial charge in [0.1, 0.15) is 0 Å². The number of nitrogens with zero attached hydrogens (tertiary/aromatic N) is 1. The van der Waals surface area contributed by atoms with Crippen molar-refractivity contribution in [3.8, 4) is 0 Å². The SMILES string of the molecule is CC(C)C(C)N(C(C)C)C(C)C. The molecular weight excluding hydrogens is 146 g/mol. The van der Waals surface area contributed by atoms with Crippen LogP contribution in [0.1, 0.15) is 48.5 Å². The summed E-state index contributed by atoms with van der Waals surface area (Å²) in [6.45, 7) is 16.0. The molecule has 0 aromatic heterocycles. The van der Waals surface area contributed by atoms with Gasteiger partial charge in [-0.3, -0.25) is 4.90 Å². The van der Waals surface area contributed by atoms with Gasteiger partial charge in [-0.2, -0.15) is 0 Å². The Bertz CT molecular complexity index is 108. The zero-order chi connectivity index (χ0) is 9.89. The van der Waals surface area contributed by atoms with E-state index < -0.39 is 0 Å². The summed E-state index contributed by atoms with van der Waals surface area (Å²) in [5.74, 6) is 0.745. The zero-order valence-corrected chi connectivity index (χ0v) is 9.76. The van der Waals surface area contributed by atoms with Gasteiger partial charge in [0.15, 0.2) is 0 Å². The highest BCUT2D eigenvalue weighted by Crippen LogP contribution is 2.16. The van der Waals surface area contributed by atoms with E-state index in [1.807, 2.05) is 0 Å². The highest BCUT2D eigenvalue weighted by Gasteiger charge is 2.21. The lowest BCUT2D eigenvalue weighted by Gasteiger charge is -2.38. The van der Waals surface area contributed by atoms with Crippen molar-refractivity contribution in [2.75, 3.05) is 0 Å². The highest BCUT2D eigenvalue weighted by atomic mass is 15.2. The molecular formula is C11H25N. The third-order valence-electron chi connectivity index (χ3n) is 2.63. The van der Waals surface area contributed by atoms with Crippen molar-refractivity contribution in [2.24, 2.45) is 5.92 Å². The summed E-state index contributed by atoms with van der Waals surface area (Å²) >= 11 is 0. The van der Waals surface area contributed by atoms with Crippen LogP contribution in [0, 0.1) is 5.92 Å². The summed E-state index contributed by atoms with van der Waals surface area (Å²) in [4.78, 5) is 2.57. The molecule has 0 saturated carbocycles. The second-order valence-electron chi connectivity index (χ2n) is 4.62. The molecule has 0 spiro atoms. The Morgan fingerprint density at radius 2 is 1.00 bits per heavy atom. The minimum Gasteiger partial charge on any atom is -0.296 e. The first-order valence-electron chi connectivity index (χ1n) is 5.15. The van der Waals surface area contributed by atoms with Crippen LogP contribution < -0.4 is 0 Å². The maximum absolute atomic E-state index is 2.57. The molecule has 1 unspecified atom stereocenters. The van der Waals surface area contributed by atoms with Crippen LogP contribution in [0.5, 0.6) is 0 Å². The Labute approximate surface area is 78.1 Å². The second-order valence-corrected chi connectivity index (χ2v) is 4.62. The van der Waals surface area contributed by atoms with E-state index in [0.29, 0.717) is 18.1 Å². The summed E-state index contributed by atoms with van der Waals surface area (Å²) in [5, 5.41) is 0. The van der Waals surface area contributed by atoms with Crippen molar-refractivity contribution in [3.05, 3.63) is 0 Å². The van der Waals surface area contributed by atoms with Gasteiger partial charge in [-0.05, 0) is 40.5 Å². The van der Waals surface area contributed by atoms with E-state index >= 15 is 0 Å². The van der Waals surface area contributed by atoms with Crippen LogP contribution in [-0.4, -0.2) is 23.0 Å². The molecule has 0 fully saturated rings. The van der Waals surface area contributed by atoms with Crippen LogP contribution >= 0.6 is 0 Å². The molecule has 0 amide bonds. The van der Waals surface area contributed by atoms with Crippen LogP contribution in [0.15, 0.2) is 0 Å². The van der Waals surface area contributed by atoms with Crippen molar-refractivity contribution in [1.82, 2.24) is 4.90 Å². The van der Waals surface area contributed by atoms with E-state index in [2.05, 4.69) is 53.4 Å².